The van der Waals surface area contributed by atoms with Crippen LogP contribution in [0.25, 0.3) is 10.9 Å². The van der Waals surface area contributed by atoms with Crippen molar-refractivity contribution in [3.63, 3.8) is 0 Å². The summed E-state index contributed by atoms with van der Waals surface area (Å²) >= 11 is 1.67. The van der Waals surface area contributed by atoms with Crippen LogP contribution in [-0.4, -0.2) is 4.98 Å². The highest BCUT2D eigenvalue weighted by atomic mass is 32.2. The number of aryl methyl sites for hydroxylation is 1. The average Bonchev–Trinajstić information content (AvgIpc) is 2.79. The number of aromatic nitrogens is 1. The number of nitrogens with two attached hydrogens (primary N) is 1. The van der Waals surface area contributed by atoms with E-state index in [4.69, 9.17) is 10.2 Å². The molecule has 0 unspecified atom stereocenters. The van der Waals surface area contributed by atoms with Crippen molar-refractivity contribution in [1.29, 1.82) is 0 Å². The normalized spacial score (nSPS) is 10.9. The number of benzene rings is 1. The fourth-order valence-corrected chi connectivity index (χ4v) is 2.82. The number of rotatable bonds is 2. The van der Waals surface area contributed by atoms with E-state index in [9.17, 15) is 0 Å². The molecule has 0 bridgehead atoms. The minimum atomic E-state index is 0.707. The Kier molecular flexibility index (Phi) is 2.72. The van der Waals surface area contributed by atoms with Gasteiger partial charge in [0.05, 0.1) is 22.4 Å². The Morgan fingerprint density at radius 2 is 2.06 bits per heavy atom. The standard InChI is InChI=1S/C14H12N2OS/c1-9-12(6-8-17-9)18-13-5-4-11(15)14-10(13)3-2-7-16-14/h2-8H,15H2,1H3. The van der Waals surface area contributed by atoms with Gasteiger partial charge in [-0.25, -0.2) is 0 Å². The number of furan rings is 1. The van der Waals surface area contributed by atoms with Crippen LogP contribution >= 0.6 is 11.8 Å². The maximum absolute atomic E-state index is 5.94. The number of hydrogen-bond donors (Lipinski definition) is 1. The molecule has 1 aromatic carbocycles. The van der Waals surface area contributed by atoms with E-state index in [1.807, 2.05) is 37.3 Å². The van der Waals surface area contributed by atoms with Crippen molar-refractivity contribution < 1.29 is 4.42 Å². The highest BCUT2D eigenvalue weighted by Crippen LogP contribution is 2.36. The van der Waals surface area contributed by atoms with Gasteiger partial charge in [-0.2, -0.15) is 0 Å². The van der Waals surface area contributed by atoms with Crippen LogP contribution in [0.4, 0.5) is 5.69 Å². The molecule has 0 aliphatic rings. The number of fused-ring (bicyclic) bond motifs is 1. The van der Waals surface area contributed by atoms with Crippen molar-refractivity contribution in [3.8, 4) is 0 Å². The molecular formula is C14H12N2OS. The molecular weight excluding hydrogens is 244 g/mol. The summed E-state index contributed by atoms with van der Waals surface area (Å²) < 4.78 is 5.31. The molecule has 2 heterocycles. The largest absolute Gasteiger partial charge is 0.468 e. The summed E-state index contributed by atoms with van der Waals surface area (Å²) in [6.45, 7) is 1.96. The molecule has 0 radical (unpaired) electrons. The molecule has 0 aliphatic carbocycles. The third-order valence-corrected chi connectivity index (χ3v) is 4.01. The molecule has 3 rings (SSSR count). The Bertz CT molecular complexity index is 706. The second kappa shape index (κ2) is 4.38. The molecule has 0 amide bonds. The van der Waals surface area contributed by atoms with Crippen molar-refractivity contribution >= 4 is 28.4 Å². The topological polar surface area (TPSA) is 52.0 Å². The zero-order valence-electron chi connectivity index (χ0n) is 9.88. The summed E-state index contributed by atoms with van der Waals surface area (Å²) in [5.74, 6) is 0.925. The molecule has 0 atom stereocenters. The Morgan fingerprint density at radius 1 is 1.17 bits per heavy atom. The highest BCUT2D eigenvalue weighted by molar-refractivity contribution is 7.99. The first-order valence-corrected chi connectivity index (χ1v) is 6.42. The Balaban J connectivity index is 2.13. The van der Waals surface area contributed by atoms with Gasteiger partial charge >= 0.3 is 0 Å². The average molecular weight is 256 g/mol. The summed E-state index contributed by atoms with van der Waals surface area (Å²) in [4.78, 5) is 6.58. The fourth-order valence-electron chi connectivity index (χ4n) is 1.86. The summed E-state index contributed by atoms with van der Waals surface area (Å²) in [5, 5.41) is 1.07. The molecule has 3 nitrogen and oxygen atoms in total. The van der Waals surface area contributed by atoms with E-state index in [0.29, 0.717) is 5.69 Å². The first-order valence-electron chi connectivity index (χ1n) is 5.61. The molecule has 0 spiro atoms. The van der Waals surface area contributed by atoms with Crippen LogP contribution in [0.1, 0.15) is 5.76 Å². The van der Waals surface area contributed by atoms with E-state index >= 15 is 0 Å². The minimum absolute atomic E-state index is 0.707. The molecule has 90 valence electrons. The molecule has 3 aromatic rings. The van der Waals surface area contributed by atoms with E-state index in [1.54, 1.807) is 24.2 Å². The van der Waals surface area contributed by atoms with Crippen molar-refractivity contribution in [1.82, 2.24) is 4.98 Å². The maximum atomic E-state index is 5.94. The van der Waals surface area contributed by atoms with Gasteiger partial charge in [0.25, 0.3) is 0 Å². The number of hydrogen-bond acceptors (Lipinski definition) is 4. The van der Waals surface area contributed by atoms with Gasteiger partial charge in [-0.15, -0.1) is 0 Å². The zero-order chi connectivity index (χ0) is 12.5. The molecule has 0 saturated carbocycles. The SMILES string of the molecule is Cc1occc1Sc1ccc(N)c2ncccc12. The van der Waals surface area contributed by atoms with Crippen LogP contribution < -0.4 is 5.73 Å². The van der Waals surface area contributed by atoms with Crippen molar-refractivity contribution in [2.45, 2.75) is 16.7 Å². The van der Waals surface area contributed by atoms with Crippen molar-refractivity contribution in [2.75, 3.05) is 5.73 Å². The number of nitrogens with zero attached hydrogens (tertiary/aromatic N) is 1. The van der Waals surface area contributed by atoms with Gasteiger partial charge in [0.15, 0.2) is 0 Å². The number of anilines is 1. The van der Waals surface area contributed by atoms with Gasteiger partial charge in [-0.1, -0.05) is 17.8 Å². The lowest BCUT2D eigenvalue weighted by Gasteiger charge is -2.06. The molecule has 18 heavy (non-hydrogen) atoms. The maximum Gasteiger partial charge on any atom is 0.114 e. The number of pyridine rings is 1. The van der Waals surface area contributed by atoms with E-state index in [1.165, 1.54) is 0 Å². The zero-order valence-corrected chi connectivity index (χ0v) is 10.7. The van der Waals surface area contributed by atoms with Crippen LogP contribution in [0.3, 0.4) is 0 Å². The first-order chi connectivity index (χ1) is 8.75. The predicted molar refractivity (Wildman–Crippen MR) is 73.7 cm³/mol. The van der Waals surface area contributed by atoms with Crippen LogP contribution in [0, 0.1) is 6.92 Å². The van der Waals surface area contributed by atoms with Crippen LogP contribution in [0.5, 0.6) is 0 Å². The number of nitrogen functional groups attached to an aromatic ring is 1. The van der Waals surface area contributed by atoms with Gasteiger partial charge < -0.3 is 10.2 Å². The van der Waals surface area contributed by atoms with Gasteiger partial charge in [0, 0.05) is 16.5 Å². The monoisotopic (exact) mass is 256 g/mol. The lowest BCUT2D eigenvalue weighted by Crippen LogP contribution is -1.90. The van der Waals surface area contributed by atoms with E-state index in [0.717, 1.165) is 26.5 Å². The third-order valence-electron chi connectivity index (χ3n) is 2.79. The van der Waals surface area contributed by atoms with Crippen LogP contribution in [-0.2, 0) is 0 Å². The second-order valence-electron chi connectivity index (χ2n) is 4.00. The molecule has 0 saturated heterocycles. The van der Waals surface area contributed by atoms with Crippen LogP contribution in [0.15, 0.2) is 57.0 Å². The smallest absolute Gasteiger partial charge is 0.114 e. The Labute approximate surface area is 109 Å². The van der Waals surface area contributed by atoms with Gasteiger partial charge in [0.1, 0.15) is 5.76 Å². The van der Waals surface area contributed by atoms with Crippen LogP contribution in [0.2, 0.25) is 0 Å². The van der Waals surface area contributed by atoms with Gasteiger partial charge in [-0.3, -0.25) is 4.98 Å². The molecule has 0 fully saturated rings. The van der Waals surface area contributed by atoms with Gasteiger partial charge in [-0.05, 0) is 31.2 Å². The molecule has 4 heteroatoms. The minimum Gasteiger partial charge on any atom is -0.468 e. The molecule has 2 aromatic heterocycles. The van der Waals surface area contributed by atoms with Crippen molar-refractivity contribution in [2.24, 2.45) is 0 Å². The third kappa shape index (κ3) is 1.84. The molecule has 2 N–H and O–H groups in total. The van der Waals surface area contributed by atoms with E-state index in [2.05, 4.69) is 4.98 Å². The summed E-state index contributed by atoms with van der Waals surface area (Å²) in [6, 6.07) is 9.85. The van der Waals surface area contributed by atoms with E-state index in [-0.39, 0.29) is 0 Å². The predicted octanol–water partition coefficient (Wildman–Crippen LogP) is 3.87. The fraction of sp³-hybridized carbons (Fsp3) is 0.0714. The quantitative estimate of drug-likeness (QED) is 0.707. The Hall–Kier alpha value is -1.94. The van der Waals surface area contributed by atoms with Crippen molar-refractivity contribution in [3.05, 3.63) is 48.6 Å². The summed E-state index contributed by atoms with van der Waals surface area (Å²) in [6.07, 6.45) is 3.46. The summed E-state index contributed by atoms with van der Waals surface area (Å²) in [7, 11) is 0. The first kappa shape index (κ1) is 11.2. The highest BCUT2D eigenvalue weighted by Gasteiger charge is 2.09. The lowest BCUT2D eigenvalue weighted by molar-refractivity contribution is 0.527. The Morgan fingerprint density at radius 3 is 2.83 bits per heavy atom. The summed E-state index contributed by atoms with van der Waals surface area (Å²) in [5.41, 5.74) is 7.50. The van der Waals surface area contributed by atoms with Gasteiger partial charge in [0.2, 0.25) is 0 Å². The van der Waals surface area contributed by atoms with E-state index < -0.39 is 0 Å². The molecule has 0 aliphatic heterocycles. The lowest BCUT2D eigenvalue weighted by atomic mass is 10.2. The second-order valence-corrected chi connectivity index (χ2v) is 5.08.